The molecule has 1 aliphatic carbocycles. The molecular formula is C13H16N2O2S. The van der Waals surface area contributed by atoms with Crippen molar-refractivity contribution in [2.24, 2.45) is 5.92 Å². The third-order valence-corrected chi connectivity index (χ3v) is 4.39. The highest BCUT2D eigenvalue weighted by Gasteiger charge is 2.35. The summed E-state index contributed by atoms with van der Waals surface area (Å²) in [6.45, 7) is 2.70. The Kier molecular flexibility index (Phi) is 3.07. The van der Waals surface area contributed by atoms with Gasteiger partial charge in [0.2, 0.25) is 5.91 Å². The van der Waals surface area contributed by atoms with Crippen LogP contribution in [0, 0.1) is 5.92 Å². The van der Waals surface area contributed by atoms with E-state index in [4.69, 9.17) is 0 Å². The van der Waals surface area contributed by atoms with E-state index in [0.717, 1.165) is 17.7 Å². The highest BCUT2D eigenvalue weighted by atomic mass is 32.1. The van der Waals surface area contributed by atoms with Crippen LogP contribution >= 0.6 is 11.3 Å². The number of carbonyl (C=O) groups is 2. The van der Waals surface area contributed by atoms with Gasteiger partial charge in [0, 0.05) is 32.1 Å². The third kappa shape index (κ3) is 2.27. The topological polar surface area (TPSA) is 40.6 Å². The Morgan fingerprint density at radius 2 is 1.78 bits per heavy atom. The van der Waals surface area contributed by atoms with Gasteiger partial charge in [-0.15, -0.1) is 11.3 Å². The van der Waals surface area contributed by atoms with E-state index in [1.54, 1.807) is 0 Å². The van der Waals surface area contributed by atoms with Crippen LogP contribution in [0.2, 0.25) is 0 Å². The van der Waals surface area contributed by atoms with Crippen LogP contribution in [0.4, 0.5) is 0 Å². The summed E-state index contributed by atoms with van der Waals surface area (Å²) in [6, 6.07) is 3.75. The van der Waals surface area contributed by atoms with Crippen LogP contribution in [0.25, 0.3) is 0 Å². The van der Waals surface area contributed by atoms with Gasteiger partial charge in [-0.2, -0.15) is 0 Å². The molecule has 2 fully saturated rings. The highest BCUT2D eigenvalue weighted by molar-refractivity contribution is 7.12. The molecule has 4 nitrogen and oxygen atoms in total. The number of thiophene rings is 1. The lowest BCUT2D eigenvalue weighted by molar-refractivity contribution is -0.134. The van der Waals surface area contributed by atoms with E-state index in [2.05, 4.69) is 0 Å². The molecule has 1 aromatic heterocycles. The molecule has 2 amide bonds. The van der Waals surface area contributed by atoms with Crippen LogP contribution in [0.3, 0.4) is 0 Å². The Morgan fingerprint density at radius 1 is 1.11 bits per heavy atom. The predicted molar refractivity (Wildman–Crippen MR) is 69.5 cm³/mol. The Labute approximate surface area is 110 Å². The van der Waals surface area contributed by atoms with E-state index in [1.807, 2.05) is 27.3 Å². The molecule has 1 saturated carbocycles. The summed E-state index contributed by atoms with van der Waals surface area (Å²) in [5.74, 6) is 0.672. The highest BCUT2D eigenvalue weighted by Crippen LogP contribution is 2.31. The van der Waals surface area contributed by atoms with Crippen LogP contribution in [0.5, 0.6) is 0 Å². The van der Waals surface area contributed by atoms with E-state index < -0.39 is 0 Å². The quantitative estimate of drug-likeness (QED) is 0.811. The number of amides is 2. The van der Waals surface area contributed by atoms with Crippen molar-refractivity contribution in [2.75, 3.05) is 26.2 Å². The van der Waals surface area contributed by atoms with Gasteiger partial charge in [0.05, 0.1) is 4.88 Å². The molecule has 0 N–H and O–H groups in total. The Balaban J connectivity index is 1.56. The van der Waals surface area contributed by atoms with Gasteiger partial charge in [0.1, 0.15) is 0 Å². The SMILES string of the molecule is O=C(c1cccs1)N1CCN(C(=O)C2CC2)CC1. The van der Waals surface area contributed by atoms with Gasteiger partial charge in [0.25, 0.3) is 5.91 Å². The first-order valence-electron chi connectivity index (χ1n) is 6.37. The maximum absolute atomic E-state index is 12.1. The van der Waals surface area contributed by atoms with Gasteiger partial charge in [-0.1, -0.05) is 6.07 Å². The first kappa shape index (κ1) is 11.7. The molecule has 0 spiro atoms. The lowest BCUT2D eigenvalue weighted by Gasteiger charge is -2.34. The zero-order valence-corrected chi connectivity index (χ0v) is 11.0. The standard InChI is InChI=1S/C13H16N2O2S/c16-12(10-3-4-10)14-5-7-15(8-6-14)13(17)11-2-1-9-18-11/h1-2,9-10H,3-8H2. The summed E-state index contributed by atoms with van der Waals surface area (Å²) < 4.78 is 0. The second kappa shape index (κ2) is 4.72. The molecule has 0 aromatic carbocycles. The Morgan fingerprint density at radius 3 is 2.33 bits per heavy atom. The molecule has 0 atom stereocenters. The first-order valence-corrected chi connectivity index (χ1v) is 7.25. The number of piperazine rings is 1. The van der Waals surface area contributed by atoms with Crippen LogP contribution in [0.1, 0.15) is 22.5 Å². The minimum Gasteiger partial charge on any atom is -0.339 e. The van der Waals surface area contributed by atoms with E-state index in [-0.39, 0.29) is 11.8 Å². The molecule has 18 heavy (non-hydrogen) atoms. The van der Waals surface area contributed by atoms with Crippen molar-refractivity contribution in [3.8, 4) is 0 Å². The molecule has 3 rings (SSSR count). The summed E-state index contributed by atoms with van der Waals surface area (Å²) in [5.41, 5.74) is 0. The number of carbonyl (C=O) groups excluding carboxylic acids is 2. The fraction of sp³-hybridized carbons (Fsp3) is 0.538. The van der Waals surface area contributed by atoms with Gasteiger partial charge >= 0.3 is 0 Å². The van der Waals surface area contributed by atoms with Crippen LogP contribution in [0.15, 0.2) is 17.5 Å². The summed E-state index contributed by atoms with van der Waals surface area (Å²) in [5, 5.41) is 1.92. The van der Waals surface area contributed by atoms with Gasteiger partial charge in [-0.25, -0.2) is 0 Å². The van der Waals surface area contributed by atoms with E-state index in [9.17, 15) is 9.59 Å². The van der Waals surface area contributed by atoms with Gasteiger partial charge in [-0.3, -0.25) is 9.59 Å². The normalized spacial score (nSPS) is 20.0. The number of rotatable bonds is 2. The lowest BCUT2D eigenvalue weighted by atomic mass is 10.2. The maximum Gasteiger partial charge on any atom is 0.264 e. The molecule has 1 aliphatic heterocycles. The van der Waals surface area contributed by atoms with Crippen molar-refractivity contribution < 1.29 is 9.59 Å². The second-order valence-electron chi connectivity index (χ2n) is 4.87. The molecule has 2 aliphatic rings. The molecule has 2 heterocycles. The maximum atomic E-state index is 12.1. The van der Waals surface area contributed by atoms with Crippen molar-refractivity contribution in [3.63, 3.8) is 0 Å². The molecule has 96 valence electrons. The number of hydrogen-bond donors (Lipinski definition) is 0. The van der Waals surface area contributed by atoms with Crippen molar-refractivity contribution in [1.29, 1.82) is 0 Å². The molecule has 1 aromatic rings. The van der Waals surface area contributed by atoms with Crippen LogP contribution in [-0.4, -0.2) is 47.8 Å². The van der Waals surface area contributed by atoms with Gasteiger partial charge in [-0.05, 0) is 24.3 Å². The van der Waals surface area contributed by atoms with Crippen molar-refractivity contribution in [1.82, 2.24) is 9.80 Å². The third-order valence-electron chi connectivity index (χ3n) is 3.54. The predicted octanol–water partition coefficient (Wildman–Crippen LogP) is 1.44. The monoisotopic (exact) mass is 264 g/mol. The van der Waals surface area contributed by atoms with E-state index in [1.165, 1.54) is 11.3 Å². The van der Waals surface area contributed by atoms with Crippen molar-refractivity contribution >= 4 is 23.2 Å². The smallest absolute Gasteiger partial charge is 0.264 e. The summed E-state index contributed by atoms with van der Waals surface area (Å²) in [6.07, 6.45) is 2.10. The molecule has 5 heteroatoms. The lowest BCUT2D eigenvalue weighted by Crippen LogP contribution is -2.50. The van der Waals surface area contributed by atoms with Crippen LogP contribution < -0.4 is 0 Å². The second-order valence-corrected chi connectivity index (χ2v) is 5.82. The van der Waals surface area contributed by atoms with Gasteiger partial charge in [0.15, 0.2) is 0 Å². The molecule has 0 unspecified atom stereocenters. The Hall–Kier alpha value is -1.36. The summed E-state index contributed by atoms with van der Waals surface area (Å²) in [7, 11) is 0. The molecule has 1 saturated heterocycles. The van der Waals surface area contributed by atoms with Crippen LogP contribution in [-0.2, 0) is 4.79 Å². The summed E-state index contributed by atoms with van der Waals surface area (Å²) in [4.78, 5) is 28.6. The van der Waals surface area contributed by atoms with Crippen molar-refractivity contribution in [3.05, 3.63) is 22.4 Å². The summed E-state index contributed by atoms with van der Waals surface area (Å²) >= 11 is 1.47. The first-order chi connectivity index (χ1) is 8.75. The van der Waals surface area contributed by atoms with Gasteiger partial charge < -0.3 is 9.80 Å². The van der Waals surface area contributed by atoms with E-state index >= 15 is 0 Å². The van der Waals surface area contributed by atoms with E-state index in [0.29, 0.717) is 32.1 Å². The minimum absolute atomic E-state index is 0.100. The largest absolute Gasteiger partial charge is 0.339 e. The zero-order chi connectivity index (χ0) is 12.5. The average molecular weight is 264 g/mol. The average Bonchev–Trinajstić information content (AvgIpc) is 3.12. The number of nitrogens with zero attached hydrogens (tertiary/aromatic N) is 2. The Bertz CT molecular complexity index is 446. The molecule has 0 bridgehead atoms. The van der Waals surface area contributed by atoms with Crippen molar-refractivity contribution in [2.45, 2.75) is 12.8 Å². The molecular weight excluding hydrogens is 248 g/mol. The fourth-order valence-electron chi connectivity index (χ4n) is 2.27. The molecule has 0 radical (unpaired) electrons. The zero-order valence-electron chi connectivity index (χ0n) is 10.2. The fourth-order valence-corrected chi connectivity index (χ4v) is 2.97. The minimum atomic E-state index is 0.100. The number of hydrogen-bond acceptors (Lipinski definition) is 3.